The first kappa shape index (κ1) is 13.3. The van der Waals surface area contributed by atoms with E-state index in [0.717, 1.165) is 5.56 Å². The fraction of sp³-hybridized carbons (Fsp3) is 0.143. The van der Waals surface area contributed by atoms with Gasteiger partial charge in [-0.05, 0) is 42.8 Å². The first-order valence-corrected chi connectivity index (χ1v) is 6.31. The van der Waals surface area contributed by atoms with Gasteiger partial charge in [-0.15, -0.1) is 0 Å². The van der Waals surface area contributed by atoms with Gasteiger partial charge in [0.15, 0.2) is 0 Å². The molecule has 0 bridgehead atoms. The molecule has 2 N–H and O–H groups in total. The number of hydrogen-bond donors (Lipinski definition) is 1. The summed E-state index contributed by atoms with van der Waals surface area (Å²) in [6.07, 6.45) is 0.653. The van der Waals surface area contributed by atoms with Crippen molar-refractivity contribution in [3.63, 3.8) is 0 Å². The molecular weight excluding hydrogens is 272 g/mol. The molecular formula is C14H12Cl2FN. The van der Waals surface area contributed by atoms with Crippen molar-refractivity contribution in [3.05, 3.63) is 57.8 Å². The molecule has 0 heterocycles. The molecule has 0 amide bonds. The van der Waals surface area contributed by atoms with E-state index in [9.17, 15) is 4.39 Å². The van der Waals surface area contributed by atoms with Crippen LogP contribution >= 0.6 is 23.2 Å². The van der Waals surface area contributed by atoms with Crippen LogP contribution in [-0.4, -0.2) is 6.54 Å². The highest BCUT2D eigenvalue weighted by atomic mass is 35.5. The van der Waals surface area contributed by atoms with Crippen LogP contribution in [0, 0.1) is 5.82 Å². The molecule has 0 fully saturated rings. The van der Waals surface area contributed by atoms with Crippen LogP contribution in [0.1, 0.15) is 5.56 Å². The zero-order valence-electron chi connectivity index (χ0n) is 9.59. The molecule has 0 aliphatic rings. The number of rotatable bonds is 3. The molecule has 0 spiro atoms. The van der Waals surface area contributed by atoms with Crippen molar-refractivity contribution in [2.45, 2.75) is 6.42 Å². The number of nitrogens with two attached hydrogens (primary N) is 1. The van der Waals surface area contributed by atoms with E-state index in [2.05, 4.69) is 0 Å². The Balaban J connectivity index is 2.47. The second kappa shape index (κ2) is 5.70. The van der Waals surface area contributed by atoms with Gasteiger partial charge in [-0.25, -0.2) is 4.39 Å². The maximum atomic E-state index is 14.0. The Hall–Kier alpha value is -1.09. The molecule has 0 saturated carbocycles. The summed E-state index contributed by atoms with van der Waals surface area (Å²) in [5, 5.41) is 1.00. The van der Waals surface area contributed by atoms with Crippen LogP contribution in [0.2, 0.25) is 10.0 Å². The van der Waals surface area contributed by atoms with E-state index in [1.165, 1.54) is 6.07 Å². The van der Waals surface area contributed by atoms with Crippen molar-refractivity contribution in [1.29, 1.82) is 0 Å². The van der Waals surface area contributed by atoms with Crippen LogP contribution in [0.25, 0.3) is 11.1 Å². The molecule has 0 aliphatic carbocycles. The summed E-state index contributed by atoms with van der Waals surface area (Å²) < 4.78 is 14.0. The molecule has 1 nitrogen and oxygen atoms in total. The smallest absolute Gasteiger partial charge is 0.131 e. The van der Waals surface area contributed by atoms with Crippen LogP contribution in [0.15, 0.2) is 36.4 Å². The van der Waals surface area contributed by atoms with Crippen molar-refractivity contribution in [2.24, 2.45) is 5.73 Å². The van der Waals surface area contributed by atoms with Gasteiger partial charge in [0.05, 0.1) is 0 Å². The molecule has 0 radical (unpaired) electrons. The minimum Gasteiger partial charge on any atom is -0.330 e. The summed E-state index contributed by atoms with van der Waals surface area (Å²) >= 11 is 12.0. The zero-order chi connectivity index (χ0) is 13.1. The molecule has 2 rings (SSSR count). The normalized spacial score (nSPS) is 10.7. The van der Waals surface area contributed by atoms with Crippen molar-refractivity contribution >= 4 is 23.2 Å². The fourth-order valence-corrected chi connectivity index (χ4v) is 2.19. The molecule has 0 saturated heterocycles. The van der Waals surface area contributed by atoms with Crippen molar-refractivity contribution in [1.82, 2.24) is 0 Å². The predicted molar refractivity (Wildman–Crippen MR) is 74.6 cm³/mol. The van der Waals surface area contributed by atoms with E-state index in [-0.39, 0.29) is 5.82 Å². The Morgan fingerprint density at radius 1 is 1.00 bits per heavy atom. The second-order valence-corrected chi connectivity index (χ2v) is 4.82. The fourth-order valence-electron chi connectivity index (χ4n) is 1.80. The van der Waals surface area contributed by atoms with Crippen molar-refractivity contribution in [3.8, 4) is 11.1 Å². The van der Waals surface area contributed by atoms with Gasteiger partial charge < -0.3 is 5.73 Å². The van der Waals surface area contributed by atoms with Gasteiger partial charge in [0.2, 0.25) is 0 Å². The SMILES string of the molecule is NCCc1ccc(-c2cc(Cl)ccc2Cl)c(F)c1. The predicted octanol–water partition coefficient (Wildman–Crippen LogP) is 4.30. The lowest BCUT2D eigenvalue weighted by Crippen LogP contribution is -2.03. The van der Waals surface area contributed by atoms with Crippen molar-refractivity contribution in [2.75, 3.05) is 6.54 Å². The van der Waals surface area contributed by atoms with Crippen LogP contribution in [0.5, 0.6) is 0 Å². The van der Waals surface area contributed by atoms with E-state index in [1.807, 2.05) is 6.07 Å². The Labute approximate surface area is 115 Å². The largest absolute Gasteiger partial charge is 0.330 e. The first-order valence-electron chi connectivity index (χ1n) is 5.55. The van der Waals surface area contributed by atoms with E-state index < -0.39 is 0 Å². The lowest BCUT2D eigenvalue weighted by atomic mass is 10.0. The standard InChI is InChI=1S/C14H12Cl2FN/c15-10-2-4-13(16)12(8-10)11-3-1-9(5-6-18)7-14(11)17/h1-4,7-8H,5-6,18H2. The molecule has 2 aromatic rings. The Morgan fingerprint density at radius 2 is 1.78 bits per heavy atom. The van der Waals surface area contributed by atoms with Gasteiger partial charge in [0, 0.05) is 21.2 Å². The third kappa shape index (κ3) is 2.83. The van der Waals surface area contributed by atoms with Crippen molar-refractivity contribution < 1.29 is 4.39 Å². The van der Waals surface area contributed by atoms with E-state index >= 15 is 0 Å². The highest BCUT2D eigenvalue weighted by Crippen LogP contribution is 2.32. The Bertz CT molecular complexity index is 570. The second-order valence-electron chi connectivity index (χ2n) is 3.98. The summed E-state index contributed by atoms with van der Waals surface area (Å²) in [5.74, 6) is -0.315. The molecule has 2 aromatic carbocycles. The Kier molecular flexibility index (Phi) is 4.23. The highest BCUT2D eigenvalue weighted by molar-refractivity contribution is 6.35. The quantitative estimate of drug-likeness (QED) is 0.893. The van der Waals surface area contributed by atoms with Crippen LogP contribution in [-0.2, 0) is 6.42 Å². The minimum absolute atomic E-state index is 0.315. The molecule has 94 valence electrons. The van der Waals surface area contributed by atoms with E-state index in [1.54, 1.807) is 24.3 Å². The van der Waals surface area contributed by atoms with Gasteiger partial charge in [-0.2, -0.15) is 0 Å². The minimum atomic E-state index is -0.315. The topological polar surface area (TPSA) is 26.0 Å². The average molecular weight is 284 g/mol. The summed E-state index contributed by atoms with van der Waals surface area (Å²) in [5.41, 5.74) is 7.36. The van der Waals surface area contributed by atoms with E-state index in [0.29, 0.717) is 34.1 Å². The van der Waals surface area contributed by atoms with Gasteiger partial charge >= 0.3 is 0 Å². The van der Waals surface area contributed by atoms with Crippen LogP contribution in [0.3, 0.4) is 0 Å². The third-order valence-corrected chi connectivity index (χ3v) is 3.25. The van der Waals surface area contributed by atoms with Gasteiger partial charge in [-0.1, -0.05) is 35.3 Å². The van der Waals surface area contributed by atoms with Crippen LogP contribution < -0.4 is 5.73 Å². The van der Waals surface area contributed by atoms with Gasteiger partial charge in [0.1, 0.15) is 5.82 Å². The lowest BCUT2D eigenvalue weighted by Gasteiger charge is -2.08. The number of hydrogen-bond acceptors (Lipinski definition) is 1. The molecule has 0 unspecified atom stereocenters. The van der Waals surface area contributed by atoms with Gasteiger partial charge in [0.25, 0.3) is 0 Å². The lowest BCUT2D eigenvalue weighted by molar-refractivity contribution is 0.629. The highest BCUT2D eigenvalue weighted by Gasteiger charge is 2.10. The Morgan fingerprint density at radius 3 is 2.44 bits per heavy atom. The summed E-state index contributed by atoms with van der Waals surface area (Å²) in [6, 6.07) is 10.0. The molecule has 0 aromatic heterocycles. The van der Waals surface area contributed by atoms with Gasteiger partial charge in [-0.3, -0.25) is 0 Å². The van der Waals surface area contributed by atoms with Crippen LogP contribution in [0.4, 0.5) is 4.39 Å². The monoisotopic (exact) mass is 283 g/mol. The number of halogens is 3. The summed E-state index contributed by atoms with van der Waals surface area (Å²) in [7, 11) is 0. The number of benzene rings is 2. The maximum Gasteiger partial charge on any atom is 0.131 e. The zero-order valence-corrected chi connectivity index (χ0v) is 11.1. The third-order valence-electron chi connectivity index (χ3n) is 2.69. The molecule has 4 heteroatoms. The molecule has 0 aliphatic heterocycles. The van der Waals surface area contributed by atoms with E-state index in [4.69, 9.17) is 28.9 Å². The molecule has 18 heavy (non-hydrogen) atoms. The average Bonchev–Trinajstić information content (AvgIpc) is 2.33. The maximum absolute atomic E-state index is 14.0. The first-order chi connectivity index (χ1) is 8.61. The summed E-state index contributed by atoms with van der Waals surface area (Å²) in [6.45, 7) is 0.497. The summed E-state index contributed by atoms with van der Waals surface area (Å²) in [4.78, 5) is 0. The molecule has 0 atom stereocenters.